The topological polar surface area (TPSA) is 44.5 Å². The van der Waals surface area contributed by atoms with Gasteiger partial charge in [0.1, 0.15) is 5.75 Å². The van der Waals surface area contributed by atoms with Crippen LogP contribution in [0.15, 0.2) is 42.5 Å². The number of hydrogen-bond donors (Lipinski definition) is 1. The number of benzene rings is 2. The molecular formula is C24H30ClNO2. The number of nitrogens with two attached hydrogens (primary N) is 1. The third-order valence-corrected chi connectivity index (χ3v) is 6.45. The second-order valence-electron chi connectivity index (χ2n) is 8.29. The van der Waals surface area contributed by atoms with Crippen LogP contribution in [0.3, 0.4) is 0 Å². The molecule has 2 aromatic carbocycles. The molecule has 28 heavy (non-hydrogen) atoms. The van der Waals surface area contributed by atoms with Crippen molar-refractivity contribution in [2.24, 2.45) is 17.6 Å². The van der Waals surface area contributed by atoms with E-state index in [4.69, 9.17) is 26.8 Å². The second-order valence-corrected chi connectivity index (χ2v) is 8.69. The van der Waals surface area contributed by atoms with Crippen LogP contribution in [0, 0.1) is 11.8 Å². The molecule has 0 bridgehead atoms. The molecule has 2 fully saturated rings. The van der Waals surface area contributed by atoms with Gasteiger partial charge in [-0.05, 0) is 86.3 Å². The molecule has 0 aromatic heterocycles. The third-order valence-electron chi connectivity index (χ3n) is 6.08. The van der Waals surface area contributed by atoms with Crippen molar-refractivity contribution in [3.8, 4) is 5.75 Å². The van der Waals surface area contributed by atoms with E-state index < -0.39 is 0 Å². The summed E-state index contributed by atoms with van der Waals surface area (Å²) in [5, 5.41) is 0.786. The summed E-state index contributed by atoms with van der Waals surface area (Å²) in [6.45, 7) is 4.84. The summed E-state index contributed by atoms with van der Waals surface area (Å²) in [6, 6.07) is 14.5. The molecule has 1 unspecified atom stereocenters. The van der Waals surface area contributed by atoms with Crippen LogP contribution in [0.25, 0.3) is 0 Å². The fourth-order valence-electron chi connectivity index (χ4n) is 4.49. The number of ether oxygens (including phenoxy) is 2. The van der Waals surface area contributed by atoms with Gasteiger partial charge in [-0.2, -0.15) is 0 Å². The Bertz CT molecular complexity index is 803. The number of rotatable bonds is 6. The third kappa shape index (κ3) is 4.37. The molecule has 2 aliphatic rings. The maximum atomic E-state index is 6.67. The number of halogens is 1. The molecule has 2 N–H and O–H groups in total. The Balaban J connectivity index is 1.54. The van der Waals surface area contributed by atoms with Crippen LogP contribution in [0.1, 0.15) is 55.9 Å². The van der Waals surface area contributed by atoms with Crippen LogP contribution in [0.5, 0.6) is 5.75 Å². The molecule has 150 valence electrons. The lowest BCUT2D eigenvalue weighted by molar-refractivity contribution is -0.0816. The molecule has 1 aliphatic heterocycles. The van der Waals surface area contributed by atoms with Crippen molar-refractivity contribution in [2.75, 3.05) is 6.61 Å². The monoisotopic (exact) mass is 399 g/mol. The molecule has 0 amide bonds. The zero-order valence-corrected chi connectivity index (χ0v) is 17.5. The molecule has 1 saturated heterocycles. The van der Waals surface area contributed by atoms with Gasteiger partial charge in [-0.3, -0.25) is 0 Å². The first-order valence-electron chi connectivity index (χ1n) is 10.5. The highest BCUT2D eigenvalue weighted by atomic mass is 35.5. The Morgan fingerprint density at radius 1 is 1.14 bits per heavy atom. The van der Waals surface area contributed by atoms with Gasteiger partial charge in [-0.25, -0.2) is 0 Å². The summed E-state index contributed by atoms with van der Waals surface area (Å²) in [5.74, 6) is 2.26. The van der Waals surface area contributed by atoms with E-state index >= 15 is 0 Å². The van der Waals surface area contributed by atoms with E-state index in [1.54, 1.807) is 0 Å². The minimum Gasteiger partial charge on any atom is -0.494 e. The highest BCUT2D eigenvalue weighted by molar-refractivity contribution is 6.31. The standard InChI is InChI=1S/C24H30ClNO2/c1-3-27-20-9-4-16(5-10-20)13-19-14-18(8-11-22(19)25)24-23(26)21(17-6-7-17)12-15(2)28-24/h4-5,8-11,14-15,17,21,23-24H,3,6-7,12-13,26H2,1-2H3/t15-,21?,23-,24+/m1/s1. The summed E-state index contributed by atoms with van der Waals surface area (Å²) in [5.41, 5.74) is 10.1. The van der Waals surface area contributed by atoms with Crippen molar-refractivity contribution in [1.82, 2.24) is 0 Å². The lowest BCUT2D eigenvalue weighted by Gasteiger charge is -2.40. The van der Waals surface area contributed by atoms with E-state index in [2.05, 4.69) is 31.2 Å². The van der Waals surface area contributed by atoms with Crippen molar-refractivity contribution >= 4 is 11.6 Å². The van der Waals surface area contributed by atoms with Crippen LogP contribution < -0.4 is 10.5 Å². The van der Waals surface area contributed by atoms with Gasteiger partial charge < -0.3 is 15.2 Å². The molecule has 2 aromatic rings. The Morgan fingerprint density at radius 3 is 2.57 bits per heavy atom. The van der Waals surface area contributed by atoms with Crippen LogP contribution in [0.4, 0.5) is 0 Å². The summed E-state index contributed by atoms with van der Waals surface area (Å²) >= 11 is 6.52. The van der Waals surface area contributed by atoms with Gasteiger partial charge in [0.05, 0.1) is 18.8 Å². The van der Waals surface area contributed by atoms with E-state index in [1.165, 1.54) is 18.4 Å². The minimum atomic E-state index is -0.0503. The van der Waals surface area contributed by atoms with E-state index in [-0.39, 0.29) is 18.2 Å². The summed E-state index contributed by atoms with van der Waals surface area (Å²) in [7, 11) is 0. The normalized spacial score (nSPS) is 27.6. The van der Waals surface area contributed by atoms with Gasteiger partial charge in [-0.1, -0.05) is 35.9 Å². The first-order chi connectivity index (χ1) is 13.5. The van der Waals surface area contributed by atoms with Crippen molar-refractivity contribution in [1.29, 1.82) is 0 Å². The number of hydrogen-bond acceptors (Lipinski definition) is 3. The SMILES string of the molecule is CCOc1ccc(Cc2cc([C@@H]3O[C@H](C)CC(C4CC4)[C@H]3N)ccc2Cl)cc1. The summed E-state index contributed by atoms with van der Waals surface area (Å²) < 4.78 is 11.8. The minimum absolute atomic E-state index is 0.0503. The Morgan fingerprint density at radius 2 is 1.89 bits per heavy atom. The van der Waals surface area contributed by atoms with Crippen molar-refractivity contribution in [2.45, 2.75) is 57.8 Å². The van der Waals surface area contributed by atoms with E-state index in [0.29, 0.717) is 12.5 Å². The van der Waals surface area contributed by atoms with Crippen LogP contribution in [-0.4, -0.2) is 18.8 Å². The van der Waals surface area contributed by atoms with Crippen molar-refractivity contribution in [3.05, 3.63) is 64.2 Å². The van der Waals surface area contributed by atoms with Crippen LogP contribution in [-0.2, 0) is 11.2 Å². The van der Waals surface area contributed by atoms with Gasteiger partial charge >= 0.3 is 0 Å². The van der Waals surface area contributed by atoms with Gasteiger partial charge in [-0.15, -0.1) is 0 Å². The molecule has 1 saturated carbocycles. The highest BCUT2D eigenvalue weighted by Crippen LogP contribution is 2.47. The summed E-state index contributed by atoms with van der Waals surface area (Å²) in [6.07, 6.45) is 4.70. The predicted molar refractivity (Wildman–Crippen MR) is 114 cm³/mol. The molecule has 4 atom stereocenters. The zero-order valence-electron chi connectivity index (χ0n) is 16.7. The zero-order chi connectivity index (χ0) is 19.7. The van der Waals surface area contributed by atoms with E-state index in [9.17, 15) is 0 Å². The summed E-state index contributed by atoms with van der Waals surface area (Å²) in [4.78, 5) is 0. The molecule has 3 nitrogen and oxygen atoms in total. The maximum Gasteiger partial charge on any atom is 0.119 e. The lowest BCUT2D eigenvalue weighted by atomic mass is 9.81. The van der Waals surface area contributed by atoms with E-state index in [1.807, 2.05) is 25.1 Å². The highest BCUT2D eigenvalue weighted by Gasteiger charge is 2.43. The van der Waals surface area contributed by atoms with Gasteiger partial charge in [0, 0.05) is 11.1 Å². The fraction of sp³-hybridized carbons (Fsp3) is 0.500. The fourth-order valence-corrected chi connectivity index (χ4v) is 4.67. The van der Waals surface area contributed by atoms with Crippen molar-refractivity contribution < 1.29 is 9.47 Å². The molecule has 1 heterocycles. The first kappa shape index (κ1) is 19.8. The average molecular weight is 400 g/mol. The van der Waals surface area contributed by atoms with Gasteiger partial charge in [0.2, 0.25) is 0 Å². The second kappa shape index (κ2) is 8.44. The van der Waals surface area contributed by atoms with Crippen LogP contribution in [0.2, 0.25) is 5.02 Å². The molecule has 4 heteroatoms. The quantitative estimate of drug-likeness (QED) is 0.694. The molecule has 4 rings (SSSR count). The molecule has 1 aliphatic carbocycles. The maximum absolute atomic E-state index is 6.67. The van der Waals surface area contributed by atoms with E-state index in [0.717, 1.165) is 40.7 Å². The predicted octanol–water partition coefficient (Wildman–Crippen LogP) is 5.53. The Hall–Kier alpha value is -1.55. The van der Waals surface area contributed by atoms with Gasteiger partial charge in [0.15, 0.2) is 0 Å². The van der Waals surface area contributed by atoms with Crippen LogP contribution >= 0.6 is 11.6 Å². The largest absolute Gasteiger partial charge is 0.494 e. The molecule has 0 radical (unpaired) electrons. The molecular weight excluding hydrogens is 370 g/mol. The van der Waals surface area contributed by atoms with Gasteiger partial charge in [0.25, 0.3) is 0 Å². The van der Waals surface area contributed by atoms with Crippen molar-refractivity contribution in [3.63, 3.8) is 0 Å². The Labute approximate surface area is 173 Å². The Kier molecular flexibility index (Phi) is 5.96. The smallest absolute Gasteiger partial charge is 0.119 e. The average Bonchev–Trinajstić information content (AvgIpc) is 3.52. The lowest BCUT2D eigenvalue weighted by Crippen LogP contribution is -2.45. The molecule has 0 spiro atoms. The first-order valence-corrected chi connectivity index (χ1v) is 10.8.